The van der Waals surface area contributed by atoms with Crippen molar-refractivity contribution in [1.29, 1.82) is 0 Å². The summed E-state index contributed by atoms with van der Waals surface area (Å²) in [5.74, 6) is 0.321. The number of halogens is 4. The van der Waals surface area contributed by atoms with E-state index in [1.165, 1.54) is 29.6 Å². The molecule has 2 heterocycles. The van der Waals surface area contributed by atoms with Gasteiger partial charge in [-0.15, -0.1) is 0 Å². The van der Waals surface area contributed by atoms with Crippen molar-refractivity contribution in [1.82, 2.24) is 10.2 Å². The largest absolute Gasteiger partial charge is 0.416 e. The smallest absolute Gasteiger partial charge is 0.278 e. The minimum atomic E-state index is -4.52. The fourth-order valence-corrected chi connectivity index (χ4v) is 5.61. The van der Waals surface area contributed by atoms with Crippen LogP contribution in [0.25, 0.3) is 16.5 Å². The van der Waals surface area contributed by atoms with Crippen molar-refractivity contribution in [2.24, 2.45) is 4.99 Å². The number of carbonyl (C=O) groups is 1. The predicted octanol–water partition coefficient (Wildman–Crippen LogP) is 6.68. The summed E-state index contributed by atoms with van der Waals surface area (Å²) in [6.07, 6.45) is -2.94. The van der Waals surface area contributed by atoms with E-state index in [4.69, 9.17) is 0 Å². The zero-order valence-corrected chi connectivity index (χ0v) is 19.3. The van der Waals surface area contributed by atoms with Crippen molar-refractivity contribution >= 4 is 66.2 Å². The van der Waals surface area contributed by atoms with E-state index in [1.807, 2.05) is 13.0 Å². The molecule has 0 fully saturated rings. The van der Waals surface area contributed by atoms with E-state index < -0.39 is 17.6 Å². The first-order valence-electron chi connectivity index (χ1n) is 9.22. The molecule has 4 rings (SSSR count). The normalized spacial score (nSPS) is 16.2. The number of fused-ring (bicyclic) bond motifs is 1. The first-order valence-corrected chi connectivity index (χ1v) is 11.8. The number of nitrogens with one attached hydrogen (secondary N) is 1. The molecule has 1 aliphatic rings. The van der Waals surface area contributed by atoms with Crippen LogP contribution in [-0.4, -0.2) is 26.2 Å². The van der Waals surface area contributed by atoms with Crippen molar-refractivity contribution < 1.29 is 18.0 Å². The fraction of sp³-hybridized carbons (Fsp3) is 0.190. The van der Waals surface area contributed by atoms with Gasteiger partial charge >= 0.3 is 6.18 Å². The number of benzene rings is 2. The number of carbonyl (C=O) groups excluding carboxylic acids is 1. The van der Waals surface area contributed by atoms with E-state index in [0.717, 1.165) is 22.7 Å². The monoisotopic (exact) mass is 525 g/mol. The van der Waals surface area contributed by atoms with Crippen LogP contribution < -0.4 is 0 Å². The van der Waals surface area contributed by atoms with Crippen molar-refractivity contribution in [3.05, 3.63) is 68.7 Å². The Kier molecular flexibility index (Phi) is 6.32. The summed E-state index contributed by atoms with van der Waals surface area (Å²) in [4.78, 5) is 17.1. The van der Waals surface area contributed by atoms with Gasteiger partial charge in [-0.2, -0.15) is 23.3 Å². The molecule has 1 aromatic heterocycles. The lowest BCUT2D eigenvalue weighted by Crippen LogP contribution is -2.10. The quantitative estimate of drug-likeness (QED) is 0.386. The zero-order valence-electron chi connectivity index (χ0n) is 16.1. The summed E-state index contributed by atoms with van der Waals surface area (Å²) < 4.78 is 42.1. The van der Waals surface area contributed by atoms with Crippen LogP contribution in [0.15, 0.2) is 57.0 Å². The number of rotatable bonds is 4. The lowest BCUT2D eigenvalue weighted by molar-refractivity contribution is -0.138. The molecule has 1 aliphatic heterocycles. The predicted molar refractivity (Wildman–Crippen MR) is 124 cm³/mol. The molecule has 0 spiro atoms. The summed E-state index contributed by atoms with van der Waals surface area (Å²) >= 11 is 5.78. The number of hydrogen-bond donors (Lipinski definition) is 1. The summed E-state index contributed by atoms with van der Waals surface area (Å²) in [6.45, 7) is 1.95. The van der Waals surface area contributed by atoms with Gasteiger partial charge in [0.2, 0.25) is 0 Å². The second kappa shape index (κ2) is 8.84. The molecule has 2 aromatic carbocycles. The van der Waals surface area contributed by atoms with Gasteiger partial charge in [-0.05, 0) is 53.1 Å². The second-order valence-electron chi connectivity index (χ2n) is 6.67. The molecule has 10 heteroatoms. The molecule has 4 nitrogen and oxygen atoms in total. The Morgan fingerprint density at radius 3 is 2.77 bits per heavy atom. The molecule has 31 heavy (non-hydrogen) atoms. The number of hydrogen-bond acceptors (Lipinski definition) is 4. The molecule has 1 amide bonds. The maximum absolute atomic E-state index is 13.7. The lowest BCUT2D eigenvalue weighted by Gasteiger charge is -2.16. The first-order chi connectivity index (χ1) is 14.8. The first kappa shape index (κ1) is 22.2. The van der Waals surface area contributed by atoms with Gasteiger partial charge in [0.15, 0.2) is 0 Å². The van der Waals surface area contributed by atoms with Gasteiger partial charge in [0.1, 0.15) is 4.38 Å². The highest BCUT2D eigenvalue weighted by atomic mass is 79.9. The van der Waals surface area contributed by atoms with Crippen molar-refractivity contribution in [3.8, 4) is 0 Å². The molecule has 0 radical (unpaired) electrons. The molecule has 160 valence electrons. The zero-order chi connectivity index (χ0) is 22.2. The number of H-pyrrole nitrogens is 1. The van der Waals surface area contributed by atoms with E-state index in [9.17, 15) is 18.0 Å². The Hall–Kier alpha value is -2.04. The van der Waals surface area contributed by atoms with Gasteiger partial charge < -0.3 is 0 Å². The van der Waals surface area contributed by atoms with Gasteiger partial charge in [-0.3, -0.25) is 9.89 Å². The maximum atomic E-state index is 13.7. The van der Waals surface area contributed by atoms with Gasteiger partial charge in [-0.1, -0.05) is 58.5 Å². The summed E-state index contributed by atoms with van der Waals surface area (Å²) in [6, 6.07) is 9.49. The molecular weight excluding hydrogens is 511 g/mol. The van der Waals surface area contributed by atoms with Crippen LogP contribution in [0.5, 0.6) is 0 Å². The lowest BCUT2D eigenvalue weighted by atomic mass is 9.93. The summed E-state index contributed by atoms with van der Waals surface area (Å²) in [7, 11) is 0. The van der Waals surface area contributed by atoms with Crippen molar-refractivity contribution in [2.45, 2.75) is 19.5 Å². The van der Waals surface area contributed by atoms with E-state index >= 15 is 0 Å². The number of aromatic amines is 1. The van der Waals surface area contributed by atoms with Crippen molar-refractivity contribution in [3.63, 3.8) is 0 Å². The number of allylic oxidation sites excluding steroid dienone is 1. The van der Waals surface area contributed by atoms with Crippen LogP contribution in [0.4, 0.5) is 13.2 Å². The number of alkyl halides is 3. The van der Waals surface area contributed by atoms with Gasteiger partial charge in [0.25, 0.3) is 5.91 Å². The van der Waals surface area contributed by atoms with E-state index in [-0.39, 0.29) is 12.0 Å². The van der Waals surface area contributed by atoms with Crippen molar-refractivity contribution in [2.75, 3.05) is 5.75 Å². The third-order valence-corrected chi connectivity index (χ3v) is 7.27. The maximum Gasteiger partial charge on any atom is 0.416 e. The Morgan fingerprint density at radius 2 is 2.03 bits per heavy atom. The van der Waals surface area contributed by atoms with E-state index in [1.54, 1.807) is 24.4 Å². The topological polar surface area (TPSA) is 58.1 Å². The summed E-state index contributed by atoms with van der Waals surface area (Å²) in [5, 5.41) is 7.66. The van der Waals surface area contributed by atoms with Gasteiger partial charge in [0, 0.05) is 9.86 Å². The highest BCUT2D eigenvalue weighted by molar-refractivity contribution is 9.10. The van der Waals surface area contributed by atoms with Crippen LogP contribution in [0, 0.1) is 0 Å². The number of nitrogens with zero attached hydrogens (tertiary/aromatic N) is 2. The van der Waals surface area contributed by atoms with E-state index in [2.05, 4.69) is 31.1 Å². The van der Waals surface area contributed by atoms with Gasteiger partial charge in [0.05, 0.1) is 22.2 Å². The van der Waals surface area contributed by atoms with Crippen LogP contribution in [0.1, 0.15) is 23.6 Å². The standard InChI is InChI=1S/C21H15BrF3N3OS2/c1-2-30-20-27-19(29)18(31-20)15(11-4-6-17-13(7-11)10-26-28-17)8-12-3-5-14(22)9-16(12)21(23,24)25/h3-7,9-10H,2,8H2,1H3,(H,26,28). The number of aromatic nitrogens is 2. The molecular formula is C21H15BrF3N3OS2. The highest BCUT2D eigenvalue weighted by Crippen LogP contribution is 2.41. The Balaban J connectivity index is 1.85. The molecule has 0 atom stereocenters. The molecule has 3 aromatic rings. The molecule has 1 N–H and O–H groups in total. The Labute approximate surface area is 192 Å². The molecule has 0 unspecified atom stereocenters. The highest BCUT2D eigenvalue weighted by Gasteiger charge is 2.34. The van der Waals surface area contributed by atoms with Gasteiger partial charge in [-0.25, -0.2) is 0 Å². The number of aliphatic imine (C=N–C) groups is 1. The minimum absolute atomic E-state index is 0.0564. The Morgan fingerprint density at radius 1 is 1.23 bits per heavy atom. The average molecular weight is 526 g/mol. The van der Waals surface area contributed by atoms with Crippen LogP contribution in [0.3, 0.4) is 0 Å². The van der Waals surface area contributed by atoms with Crippen LogP contribution in [-0.2, 0) is 17.4 Å². The SMILES string of the molecule is CCSC1=NC(=O)C(=C(Cc2ccc(Br)cc2C(F)(F)F)c2ccc3[nH]ncc3c2)S1. The molecule has 0 saturated heterocycles. The molecule has 0 bridgehead atoms. The molecule has 0 aliphatic carbocycles. The average Bonchev–Trinajstić information content (AvgIpc) is 3.32. The second-order valence-corrected chi connectivity index (χ2v) is 10.1. The molecule has 0 saturated carbocycles. The third-order valence-electron chi connectivity index (χ3n) is 4.65. The number of thioether (sulfide) groups is 2. The third kappa shape index (κ3) is 4.75. The fourth-order valence-electron chi connectivity index (χ4n) is 3.26. The number of amides is 1. The summed E-state index contributed by atoms with van der Waals surface area (Å²) in [5.41, 5.74) is 1.34. The van der Waals surface area contributed by atoms with Crippen LogP contribution in [0.2, 0.25) is 0 Å². The van der Waals surface area contributed by atoms with E-state index in [0.29, 0.717) is 24.9 Å². The van der Waals surface area contributed by atoms with Crippen LogP contribution >= 0.6 is 39.5 Å². The Bertz CT molecular complexity index is 1230. The minimum Gasteiger partial charge on any atom is -0.278 e.